The standard InChI is InChI=1S/C20H29N3O3S/c1-4-23(27(3,25)26)12-6-11-21-20(24)16-8-5-7-15-17-13-14(2)9-10-18(17)22-19(15)16/h5,7-8,14,22H,4,6,9-13H2,1-3H3,(H,21,24). The average Bonchev–Trinajstić information content (AvgIpc) is 2.98. The predicted octanol–water partition coefficient (Wildman–Crippen LogP) is 2.69. The second kappa shape index (κ2) is 8.02. The molecule has 7 heteroatoms. The lowest BCUT2D eigenvalue weighted by Gasteiger charge is -2.18. The molecule has 2 N–H and O–H groups in total. The molecule has 2 aromatic rings. The molecule has 1 atom stereocenters. The molecule has 6 nitrogen and oxygen atoms in total. The summed E-state index contributed by atoms with van der Waals surface area (Å²) in [5, 5.41) is 4.08. The number of hydrogen-bond acceptors (Lipinski definition) is 3. The Balaban J connectivity index is 1.68. The Labute approximate surface area is 161 Å². The largest absolute Gasteiger partial charge is 0.358 e. The molecule has 148 valence electrons. The number of hydrogen-bond donors (Lipinski definition) is 2. The fraction of sp³-hybridized carbons (Fsp3) is 0.550. The van der Waals surface area contributed by atoms with E-state index in [0.29, 0.717) is 37.5 Å². The van der Waals surface area contributed by atoms with Crippen LogP contribution < -0.4 is 5.32 Å². The Kier molecular flexibility index (Phi) is 5.91. The molecule has 1 unspecified atom stereocenters. The second-order valence-electron chi connectivity index (χ2n) is 7.52. The zero-order chi connectivity index (χ0) is 19.6. The summed E-state index contributed by atoms with van der Waals surface area (Å²) >= 11 is 0. The number of nitrogens with zero attached hydrogens (tertiary/aromatic N) is 1. The van der Waals surface area contributed by atoms with Gasteiger partial charge >= 0.3 is 0 Å². The van der Waals surface area contributed by atoms with Crippen molar-refractivity contribution in [3.05, 3.63) is 35.0 Å². The Bertz CT molecular complexity index is 933. The van der Waals surface area contributed by atoms with Gasteiger partial charge in [-0.15, -0.1) is 0 Å². The number of aromatic amines is 1. The molecule has 1 amide bonds. The second-order valence-corrected chi connectivity index (χ2v) is 9.50. The molecule has 0 spiro atoms. The van der Waals surface area contributed by atoms with Crippen molar-refractivity contribution in [3.8, 4) is 0 Å². The number of carbonyl (C=O) groups excluding carboxylic acids is 1. The van der Waals surface area contributed by atoms with Gasteiger partial charge in [0.2, 0.25) is 10.0 Å². The first-order valence-corrected chi connectivity index (χ1v) is 11.5. The molecule has 1 aliphatic rings. The normalized spacial score (nSPS) is 17.3. The minimum absolute atomic E-state index is 0.116. The first-order valence-electron chi connectivity index (χ1n) is 9.67. The van der Waals surface area contributed by atoms with E-state index in [4.69, 9.17) is 0 Å². The van der Waals surface area contributed by atoms with Crippen LogP contribution in [0.15, 0.2) is 18.2 Å². The van der Waals surface area contributed by atoms with Gasteiger partial charge in [0.05, 0.1) is 17.3 Å². The number of para-hydroxylation sites is 1. The number of benzene rings is 1. The number of aryl methyl sites for hydroxylation is 1. The van der Waals surface area contributed by atoms with Gasteiger partial charge in [0.1, 0.15) is 0 Å². The topological polar surface area (TPSA) is 82.3 Å². The minimum atomic E-state index is -3.19. The lowest BCUT2D eigenvalue weighted by atomic mass is 9.87. The van der Waals surface area contributed by atoms with Gasteiger partial charge in [-0.3, -0.25) is 4.79 Å². The quantitative estimate of drug-likeness (QED) is 0.712. The van der Waals surface area contributed by atoms with Crippen LogP contribution in [0.4, 0.5) is 0 Å². The molecule has 0 radical (unpaired) electrons. The SMILES string of the molecule is CCN(CCCNC(=O)c1cccc2c3c([nH]c12)CCC(C)C3)S(C)(=O)=O. The summed E-state index contributed by atoms with van der Waals surface area (Å²) in [5.74, 6) is 0.556. The van der Waals surface area contributed by atoms with Crippen LogP contribution in [0.3, 0.4) is 0 Å². The van der Waals surface area contributed by atoms with Gasteiger partial charge in [0.25, 0.3) is 5.91 Å². The highest BCUT2D eigenvalue weighted by Crippen LogP contribution is 2.32. The highest BCUT2D eigenvalue weighted by atomic mass is 32.2. The Morgan fingerprint density at radius 3 is 2.85 bits per heavy atom. The van der Waals surface area contributed by atoms with Crippen LogP contribution in [0.25, 0.3) is 10.9 Å². The number of carbonyl (C=O) groups is 1. The van der Waals surface area contributed by atoms with Crippen molar-refractivity contribution in [2.75, 3.05) is 25.9 Å². The summed E-state index contributed by atoms with van der Waals surface area (Å²) in [7, 11) is -3.19. The van der Waals surface area contributed by atoms with Crippen LogP contribution in [-0.4, -0.2) is 49.5 Å². The van der Waals surface area contributed by atoms with Crippen molar-refractivity contribution in [2.45, 2.75) is 39.5 Å². The van der Waals surface area contributed by atoms with E-state index in [1.807, 2.05) is 19.1 Å². The maximum atomic E-state index is 12.7. The van der Waals surface area contributed by atoms with Crippen molar-refractivity contribution >= 4 is 26.8 Å². The van der Waals surface area contributed by atoms with E-state index in [0.717, 1.165) is 23.7 Å². The fourth-order valence-corrected chi connectivity index (χ4v) is 4.85. The monoisotopic (exact) mass is 391 g/mol. The van der Waals surface area contributed by atoms with E-state index in [1.54, 1.807) is 0 Å². The molecule has 1 heterocycles. The van der Waals surface area contributed by atoms with E-state index in [2.05, 4.69) is 23.3 Å². The Morgan fingerprint density at radius 1 is 1.37 bits per heavy atom. The van der Waals surface area contributed by atoms with Crippen LogP contribution in [-0.2, 0) is 22.9 Å². The lowest BCUT2D eigenvalue weighted by Crippen LogP contribution is -2.33. The smallest absolute Gasteiger partial charge is 0.253 e. The first-order chi connectivity index (χ1) is 12.8. The predicted molar refractivity (Wildman–Crippen MR) is 109 cm³/mol. The highest BCUT2D eigenvalue weighted by molar-refractivity contribution is 7.88. The maximum absolute atomic E-state index is 12.7. The molecular formula is C20H29N3O3S. The zero-order valence-electron chi connectivity index (χ0n) is 16.3. The van der Waals surface area contributed by atoms with Crippen molar-refractivity contribution in [3.63, 3.8) is 0 Å². The van der Waals surface area contributed by atoms with E-state index < -0.39 is 10.0 Å². The molecule has 0 bridgehead atoms. The summed E-state index contributed by atoms with van der Waals surface area (Å²) in [4.78, 5) is 16.2. The van der Waals surface area contributed by atoms with Gasteiger partial charge < -0.3 is 10.3 Å². The number of sulfonamides is 1. The Morgan fingerprint density at radius 2 is 2.15 bits per heavy atom. The number of amides is 1. The number of aromatic nitrogens is 1. The molecule has 0 aliphatic heterocycles. The van der Waals surface area contributed by atoms with Crippen LogP contribution in [0.2, 0.25) is 0 Å². The maximum Gasteiger partial charge on any atom is 0.253 e. The van der Waals surface area contributed by atoms with Crippen molar-refractivity contribution in [1.82, 2.24) is 14.6 Å². The summed E-state index contributed by atoms with van der Waals surface area (Å²) in [6.45, 7) is 5.38. The average molecular weight is 392 g/mol. The molecule has 1 aromatic carbocycles. The molecule has 0 saturated carbocycles. The van der Waals surface area contributed by atoms with Gasteiger partial charge in [-0.25, -0.2) is 12.7 Å². The lowest BCUT2D eigenvalue weighted by molar-refractivity contribution is 0.0954. The molecule has 27 heavy (non-hydrogen) atoms. The van der Waals surface area contributed by atoms with Gasteiger partial charge in [-0.05, 0) is 43.2 Å². The van der Waals surface area contributed by atoms with Crippen molar-refractivity contribution in [2.24, 2.45) is 5.92 Å². The van der Waals surface area contributed by atoms with E-state index in [9.17, 15) is 13.2 Å². The van der Waals surface area contributed by atoms with Crippen molar-refractivity contribution < 1.29 is 13.2 Å². The zero-order valence-corrected chi connectivity index (χ0v) is 17.2. The van der Waals surface area contributed by atoms with Gasteiger partial charge in [-0.2, -0.15) is 0 Å². The number of rotatable bonds is 7. The molecule has 0 fully saturated rings. The van der Waals surface area contributed by atoms with E-state index in [-0.39, 0.29) is 5.91 Å². The third-order valence-electron chi connectivity index (χ3n) is 5.41. The summed E-state index contributed by atoms with van der Waals surface area (Å²) in [5.41, 5.74) is 4.19. The van der Waals surface area contributed by atoms with Crippen LogP contribution in [0.1, 0.15) is 48.3 Å². The van der Waals surface area contributed by atoms with Crippen LogP contribution in [0.5, 0.6) is 0 Å². The summed E-state index contributed by atoms with van der Waals surface area (Å²) in [6.07, 6.45) is 5.06. The van der Waals surface area contributed by atoms with Crippen LogP contribution >= 0.6 is 0 Å². The Hall–Kier alpha value is -1.86. The summed E-state index contributed by atoms with van der Waals surface area (Å²) in [6, 6.07) is 5.87. The minimum Gasteiger partial charge on any atom is -0.358 e. The fourth-order valence-electron chi connectivity index (χ4n) is 3.92. The summed E-state index contributed by atoms with van der Waals surface area (Å²) < 4.78 is 24.6. The van der Waals surface area contributed by atoms with Gasteiger partial charge in [0.15, 0.2) is 0 Å². The number of nitrogens with one attached hydrogen (secondary N) is 2. The highest BCUT2D eigenvalue weighted by Gasteiger charge is 2.22. The van der Waals surface area contributed by atoms with Crippen LogP contribution in [0, 0.1) is 5.92 Å². The number of fused-ring (bicyclic) bond motifs is 3. The van der Waals surface area contributed by atoms with Crippen molar-refractivity contribution in [1.29, 1.82) is 0 Å². The molecule has 1 aromatic heterocycles. The molecule has 1 aliphatic carbocycles. The molecule has 3 rings (SSSR count). The van der Waals surface area contributed by atoms with E-state index >= 15 is 0 Å². The molecule has 0 saturated heterocycles. The first kappa shape index (κ1) is 19.9. The number of H-pyrrole nitrogens is 1. The van der Waals surface area contributed by atoms with Gasteiger partial charge in [0, 0.05) is 30.7 Å². The van der Waals surface area contributed by atoms with E-state index in [1.165, 1.54) is 28.2 Å². The van der Waals surface area contributed by atoms with Gasteiger partial charge in [-0.1, -0.05) is 26.0 Å². The molecular weight excluding hydrogens is 362 g/mol. The third kappa shape index (κ3) is 4.35. The third-order valence-corrected chi connectivity index (χ3v) is 6.78.